The number of aliphatic hydroxyl groups is 1. The Morgan fingerprint density at radius 2 is 1.73 bits per heavy atom. The highest BCUT2D eigenvalue weighted by Gasteiger charge is 2.49. The number of aryl methyl sites for hydroxylation is 2. The van der Waals surface area contributed by atoms with Crippen LogP contribution in [0.3, 0.4) is 0 Å². The fourth-order valence-electron chi connectivity index (χ4n) is 3.53. The molecule has 1 atom stereocenters. The lowest BCUT2D eigenvalue weighted by molar-refractivity contribution is -0.132. The third-order valence-corrected chi connectivity index (χ3v) is 6.22. The monoisotopic (exact) mass is 420 g/mol. The Bertz CT molecular complexity index is 1150. The molecule has 0 bridgehead atoms. The van der Waals surface area contributed by atoms with Crippen LogP contribution in [0.25, 0.3) is 5.76 Å². The van der Waals surface area contributed by atoms with Gasteiger partial charge in [-0.25, -0.2) is 4.98 Å². The molecule has 7 heteroatoms. The second-order valence-electron chi connectivity index (χ2n) is 6.92. The number of ketones is 1. The minimum Gasteiger partial charge on any atom is -0.507 e. The maximum Gasteiger partial charge on any atom is 0.301 e. The van der Waals surface area contributed by atoms with E-state index in [1.54, 1.807) is 42.5 Å². The fourth-order valence-corrected chi connectivity index (χ4v) is 4.46. The van der Waals surface area contributed by atoms with E-state index in [4.69, 9.17) is 4.74 Å². The number of para-hydroxylation sites is 1. The third-order valence-electron chi connectivity index (χ3n) is 5.15. The van der Waals surface area contributed by atoms with Crippen LogP contribution in [0.15, 0.2) is 60.2 Å². The van der Waals surface area contributed by atoms with Gasteiger partial charge in [-0.15, -0.1) is 11.3 Å². The van der Waals surface area contributed by atoms with Crippen LogP contribution in [0, 0.1) is 13.8 Å². The van der Waals surface area contributed by atoms with E-state index in [0.29, 0.717) is 22.0 Å². The van der Waals surface area contributed by atoms with E-state index in [1.807, 2.05) is 26.0 Å². The first-order valence-electron chi connectivity index (χ1n) is 9.37. The molecular formula is C23H20N2O4S. The molecule has 0 aliphatic carbocycles. The molecule has 1 aromatic heterocycles. The number of methoxy groups -OCH3 is 1. The number of hydrogen-bond donors (Lipinski definition) is 1. The molecule has 1 aliphatic rings. The predicted octanol–water partition coefficient (Wildman–Crippen LogP) is 4.39. The topological polar surface area (TPSA) is 79.7 Å². The van der Waals surface area contributed by atoms with Crippen LogP contribution in [0.1, 0.15) is 27.7 Å². The summed E-state index contributed by atoms with van der Waals surface area (Å²) in [5, 5.41) is 11.5. The number of amides is 1. The Labute approximate surface area is 178 Å². The minimum absolute atomic E-state index is 0.0150. The highest BCUT2D eigenvalue weighted by Crippen LogP contribution is 2.45. The number of aliphatic hydroxyl groups excluding tert-OH is 1. The minimum atomic E-state index is -0.855. The number of Topliss-reactive ketones (excluding diaryl/α,β-unsaturated/α-hetero) is 1. The molecule has 1 amide bonds. The van der Waals surface area contributed by atoms with Crippen LogP contribution in [0.5, 0.6) is 5.75 Å². The molecule has 152 valence electrons. The summed E-state index contributed by atoms with van der Waals surface area (Å²) in [5.74, 6) is -1.19. The van der Waals surface area contributed by atoms with Gasteiger partial charge in [-0.3, -0.25) is 14.5 Å². The lowest BCUT2D eigenvalue weighted by Crippen LogP contribution is -2.29. The molecule has 6 nitrogen and oxygen atoms in total. The summed E-state index contributed by atoms with van der Waals surface area (Å²) in [6, 6.07) is 15.0. The molecular weight excluding hydrogens is 400 g/mol. The molecule has 30 heavy (non-hydrogen) atoms. The van der Waals surface area contributed by atoms with Crippen molar-refractivity contribution in [3.8, 4) is 5.75 Å². The molecule has 1 saturated heterocycles. The molecule has 0 unspecified atom stereocenters. The van der Waals surface area contributed by atoms with Crippen molar-refractivity contribution in [2.75, 3.05) is 12.0 Å². The number of benzene rings is 2. The van der Waals surface area contributed by atoms with Crippen molar-refractivity contribution in [1.82, 2.24) is 4.98 Å². The van der Waals surface area contributed by atoms with Gasteiger partial charge in [-0.2, -0.15) is 0 Å². The molecule has 2 heterocycles. The number of hydrogen-bond acceptors (Lipinski definition) is 6. The zero-order valence-electron chi connectivity index (χ0n) is 16.7. The van der Waals surface area contributed by atoms with Crippen molar-refractivity contribution in [2.45, 2.75) is 19.9 Å². The molecule has 4 rings (SSSR count). The Morgan fingerprint density at radius 1 is 1.07 bits per heavy atom. The summed E-state index contributed by atoms with van der Waals surface area (Å²) in [4.78, 5) is 33.0. The van der Waals surface area contributed by atoms with Crippen LogP contribution in [0.4, 0.5) is 5.13 Å². The summed E-state index contributed by atoms with van der Waals surface area (Å²) in [5.41, 5.74) is 1.86. The van der Waals surface area contributed by atoms with Crippen LogP contribution in [-0.4, -0.2) is 28.9 Å². The van der Waals surface area contributed by atoms with Gasteiger partial charge < -0.3 is 9.84 Å². The first-order valence-corrected chi connectivity index (χ1v) is 10.2. The summed E-state index contributed by atoms with van der Waals surface area (Å²) < 4.78 is 5.50. The Morgan fingerprint density at radius 3 is 2.37 bits per heavy atom. The molecule has 0 radical (unpaired) electrons. The molecule has 2 aromatic carbocycles. The first-order chi connectivity index (χ1) is 14.4. The summed E-state index contributed by atoms with van der Waals surface area (Å²) in [6.07, 6.45) is 0. The Hall–Kier alpha value is -3.45. The highest BCUT2D eigenvalue weighted by atomic mass is 32.1. The van der Waals surface area contributed by atoms with E-state index in [-0.39, 0.29) is 11.3 Å². The van der Waals surface area contributed by atoms with Gasteiger partial charge >= 0.3 is 5.91 Å². The summed E-state index contributed by atoms with van der Waals surface area (Å²) in [6.45, 7) is 3.77. The second kappa shape index (κ2) is 7.76. The molecule has 0 saturated carbocycles. The summed E-state index contributed by atoms with van der Waals surface area (Å²) in [7, 11) is 1.53. The van der Waals surface area contributed by atoms with Gasteiger partial charge in [0.1, 0.15) is 17.6 Å². The number of anilines is 1. The van der Waals surface area contributed by atoms with Crippen LogP contribution in [-0.2, 0) is 9.59 Å². The van der Waals surface area contributed by atoms with E-state index in [1.165, 1.54) is 23.3 Å². The van der Waals surface area contributed by atoms with Gasteiger partial charge in [0.25, 0.3) is 5.78 Å². The predicted molar refractivity (Wildman–Crippen MR) is 116 cm³/mol. The number of aromatic nitrogens is 1. The number of ether oxygens (including phenoxy) is 1. The normalized spacial score (nSPS) is 18.1. The number of carbonyl (C=O) groups is 2. The quantitative estimate of drug-likeness (QED) is 0.385. The van der Waals surface area contributed by atoms with Gasteiger partial charge in [0.15, 0.2) is 5.13 Å². The van der Waals surface area contributed by atoms with Crippen molar-refractivity contribution < 1.29 is 19.4 Å². The van der Waals surface area contributed by atoms with Gasteiger partial charge in [0.2, 0.25) is 0 Å². The number of rotatable bonds is 4. The van der Waals surface area contributed by atoms with E-state index >= 15 is 0 Å². The number of thiazole rings is 1. The molecule has 3 aromatic rings. The molecule has 1 N–H and O–H groups in total. The summed E-state index contributed by atoms with van der Waals surface area (Å²) >= 11 is 1.34. The van der Waals surface area contributed by atoms with E-state index in [2.05, 4.69) is 4.98 Å². The van der Waals surface area contributed by atoms with Gasteiger partial charge in [0.05, 0.1) is 18.4 Å². The van der Waals surface area contributed by atoms with Crippen molar-refractivity contribution in [2.24, 2.45) is 0 Å². The average Bonchev–Trinajstić information content (AvgIpc) is 3.23. The Kier molecular flexibility index (Phi) is 5.13. The van der Waals surface area contributed by atoms with E-state index < -0.39 is 17.7 Å². The third kappa shape index (κ3) is 3.17. The highest BCUT2D eigenvalue weighted by molar-refractivity contribution is 7.16. The van der Waals surface area contributed by atoms with Crippen LogP contribution in [0.2, 0.25) is 0 Å². The standard InChI is InChI=1S/C23H20N2O4S/c1-13-14(2)30-23(24-13)25-19(16-11-7-8-12-17(16)29-3)18(21(27)22(25)28)20(26)15-9-5-4-6-10-15/h4-12,19,26H,1-3H3/b20-18+/t19-/m0/s1. The van der Waals surface area contributed by atoms with Crippen molar-refractivity contribution in [1.29, 1.82) is 0 Å². The molecule has 1 aliphatic heterocycles. The van der Waals surface area contributed by atoms with Gasteiger partial charge in [-0.05, 0) is 19.9 Å². The Balaban J connectivity index is 1.99. The fraction of sp³-hybridized carbons (Fsp3) is 0.174. The first kappa shape index (κ1) is 19.8. The van der Waals surface area contributed by atoms with Crippen molar-refractivity contribution >= 4 is 33.9 Å². The molecule has 0 spiro atoms. The zero-order valence-corrected chi connectivity index (χ0v) is 17.6. The average molecular weight is 420 g/mol. The smallest absolute Gasteiger partial charge is 0.301 e. The maximum atomic E-state index is 13.1. The van der Waals surface area contributed by atoms with Gasteiger partial charge in [0, 0.05) is 16.0 Å². The van der Waals surface area contributed by atoms with Crippen LogP contribution >= 0.6 is 11.3 Å². The van der Waals surface area contributed by atoms with E-state index in [9.17, 15) is 14.7 Å². The van der Waals surface area contributed by atoms with Crippen molar-refractivity contribution in [3.05, 3.63) is 81.9 Å². The second-order valence-corrected chi connectivity index (χ2v) is 8.10. The maximum absolute atomic E-state index is 13.1. The SMILES string of the molecule is COc1ccccc1[C@H]1/C(=C(\O)c2ccccc2)C(=O)C(=O)N1c1nc(C)c(C)s1. The lowest BCUT2D eigenvalue weighted by atomic mass is 9.95. The van der Waals surface area contributed by atoms with E-state index in [0.717, 1.165) is 10.6 Å². The molecule has 1 fully saturated rings. The number of carbonyl (C=O) groups excluding carboxylic acids is 2. The zero-order chi connectivity index (χ0) is 21.4. The number of nitrogens with zero attached hydrogens (tertiary/aromatic N) is 2. The van der Waals surface area contributed by atoms with Crippen LogP contribution < -0.4 is 9.64 Å². The largest absolute Gasteiger partial charge is 0.507 e. The van der Waals surface area contributed by atoms with Gasteiger partial charge in [-0.1, -0.05) is 48.5 Å². The van der Waals surface area contributed by atoms with Crippen molar-refractivity contribution in [3.63, 3.8) is 0 Å². The lowest BCUT2D eigenvalue weighted by Gasteiger charge is -2.24.